The monoisotopic (exact) mass is 256 g/mol. The van der Waals surface area contributed by atoms with E-state index in [-0.39, 0.29) is 4.48 Å². The summed E-state index contributed by atoms with van der Waals surface area (Å²) in [6.45, 7) is 0. The predicted octanol–water partition coefficient (Wildman–Crippen LogP) is 0.863. The van der Waals surface area contributed by atoms with E-state index in [1.807, 2.05) is 0 Å². The summed E-state index contributed by atoms with van der Waals surface area (Å²) in [6.07, 6.45) is -1.13. The molecule has 1 aliphatic rings. The largest absolute Gasteiger partial charge is 0.427 e. The third-order valence-electron chi connectivity index (χ3n) is 0.824. The second-order valence-electron chi connectivity index (χ2n) is 1.42. The molecule has 1 heterocycles. The van der Waals surface area contributed by atoms with E-state index >= 15 is 0 Å². The number of hydrogen-bond donors (Lipinski definition) is 1. The van der Waals surface area contributed by atoms with Crippen molar-refractivity contribution in [2.24, 2.45) is 0 Å². The fourth-order valence-electron chi connectivity index (χ4n) is 0.411. The van der Waals surface area contributed by atoms with Crippen molar-refractivity contribution in [2.75, 3.05) is 0 Å². The van der Waals surface area contributed by atoms with Crippen molar-refractivity contribution in [1.82, 2.24) is 0 Å². The van der Waals surface area contributed by atoms with Gasteiger partial charge >= 0.3 is 5.97 Å². The van der Waals surface area contributed by atoms with Crippen LogP contribution in [0, 0.1) is 0 Å². The van der Waals surface area contributed by atoms with Gasteiger partial charge in [0.1, 0.15) is 4.48 Å². The van der Waals surface area contributed by atoms with Crippen molar-refractivity contribution in [3.63, 3.8) is 0 Å². The van der Waals surface area contributed by atoms with Gasteiger partial charge < -0.3 is 9.84 Å². The number of esters is 1. The van der Waals surface area contributed by atoms with Crippen molar-refractivity contribution >= 4 is 37.8 Å². The van der Waals surface area contributed by atoms with E-state index in [2.05, 4.69) is 36.6 Å². The molecule has 0 aromatic carbocycles. The summed E-state index contributed by atoms with van der Waals surface area (Å²) >= 11 is 5.85. The third-order valence-corrected chi connectivity index (χ3v) is 2.90. The molecule has 1 N–H and O–H groups in total. The summed E-state index contributed by atoms with van der Waals surface area (Å²) < 4.78 is 4.92. The van der Waals surface area contributed by atoms with Crippen LogP contribution >= 0.6 is 31.9 Å². The number of halogens is 2. The van der Waals surface area contributed by atoms with Crippen LogP contribution in [0.15, 0.2) is 8.96 Å². The third kappa shape index (κ3) is 1.17. The maximum absolute atomic E-state index is 10.5. The zero-order valence-corrected chi connectivity index (χ0v) is 7.27. The summed E-state index contributed by atoms with van der Waals surface area (Å²) in [5.74, 6) is -0.547. The first-order valence-corrected chi connectivity index (χ1v) is 3.65. The summed E-state index contributed by atoms with van der Waals surface area (Å²) in [7, 11) is 0. The summed E-state index contributed by atoms with van der Waals surface area (Å²) in [4.78, 5) is 10.5. The van der Waals surface area contributed by atoms with Crippen LogP contribution in [0.3, 0.4) is 0 Å². The molecule has 0 amide bonds. The number of ether oxygens (including phenoxy) is 1. The highest BCUT2D eigenvalue weighted by molar-refractivity contribution is 9.14. The number of aliphatic hydroxyl groups is 1. The lowest BCUT2D eigenvalue weighted by molar-refractivity contribution is -0.150. The first kappa shape index (κ1) is 7.24. The Morgan fingerprint density at radius 3 is 2.22 bits per heavy atom. The summed E-state index contributed by atoms with van der Waals surface area (Å²) in [5.41, 5.74) is 0. The fraction of sp³-hybridized carbons (Fsp3) is 0.250. The first-order chi connectivity index (χ1) is 4.13. The molecule has 0 radical (unpaired) electrons. The van der Waals surface area contributed by atoms with E-state index < -0.39 is 12.3 Å². The van der Waals surface area contributed by atoms with E-state index in [0.29, 0.717) is 4.48 Å². The molecule has 50 valence electrons. The van der Waals surface area contributed by atoms with Crippen LogP contribution in [0.4, 0.5) is 0 Å². The van der Waals surface area contributed by atoms with Crippen molar-refractivity contribution < 1.29 is 14.6 Å². The second-order valence-corrected chi connectivity index (χ2v) is 3.07. The average molecular weight is 258 g/mol. The zero-order valence-electron chi connectivity index (χ0n) is 4.10. The standard InChI is InChI=1S/C4H2Br2O3/c5-1-2(6)4(8)9-3(1)7/h3,7H/t3-/m1/s1. The number of hydrogen-bond acceptors (Lipinski definition) is 3. The minimum Gasteiger partial charge on any atom is -0.427 e. The van der Waals surface area contributed by atoms with E-state index in [1.54, 1.807) is 0 Å². The summed E-state index contributed by atoms with van der Waals surface area (Å²) in [6, 6.07) is 0. The minimum atomic E-state index is -1.13. The van der Waals surface area contributed by atoms with Crippen LogP contribution < -0.4 is 0 Å². The van der Waals surface area contributed by atoms with Gasteiger partial charge in [0.15, 0.2) is 0 Å². The van der Waals surface area contributed by atoms with E-state index in [0.717, 1.165) is 0 Å². The Kier molecular flexibility index (Phi) is 1.93. The smallest absolute Gasteiger partial charge is 0.348 e. The molecule has 1 rings (SSSR count). The molecule has 0 aromatic heterocycles. The number of cyclic esters (lactones) is 1. The molecular weight excluding hydrogens is 256 g/mol. The first-order valence-electron chi connectivity index (χ1n) is 2.07. The van der Waals surface area contributed by atoms with Gasteiger partial charge in [0.05, 0.1) is 4.48 Å². The number of carbonyl (C=O) groups excluding carboxylic acids is 1. The Hall–Kier alpha value is 0.130. The van der Waals surface area contributed by atoms with Gasteiger partial charge in [0.25, 0.3) is 0 Å². The van der Waals surface area contributed by atoms with Crippen molar-refractivity contribution in [3.8, 4) is 0 Å². The molecule has 0 bridgehead atoms. The minimum absolute atomic E-state index is 0.245. The molecule has 0 unspecified atom stereocenters. The maximum atomic E-state index is 10.5. The van der Waals surface area contributed by atoms with Crippen molar-refractivity contribution in [3.05, 3.63) is 8.96 Å². The van der Waals surface area contributed by atoms with Crippen LogP contribution in [0.1, 0.15) is 0 Å². The van der Waals surface area contributed by atoms with Gasteiger partial charge in [0.2, 0.25) is 6.29 Å². The van der Waals surface area contributed by atoms with Crippen LogP contribution in [-0.4, -0.2) is 17.4 Å². The molecule has 1 aliphatic heterocycles. The number of rotatable bonds is 0. The van der Waals surface area contributed by atoms with Gasteiger partial charge in [-0.25, -0.2) is 4.79 Å². The fourth-order valence-corrected chi connectivity index (χ4v) is 0.955. The SMILES string of the molecule is O=C1O[C@@H](O)C(Br)=C1Br. The van der Waals surface area contributed by atoms with E-state index in [1.165, 1.54) is 0 Å². The highest BCUT2D eigenvalue weighted by Gasteiger charge is 2.28. The molecular formula is C4H2Br2O3. The lowest BCUT2D eigenvalue weighted by Gasteiger charge is -1.97. The lowest BCUT2D eigenvalue weighted by atomic mass is 10.5. The number of carbonyl (C=O) groups is 1. The van der Waals surface area contributed by atoms with E-state index in [9.17, 15) is 4.79 Å². The van der Waals surface area contributed by atoms with Gasteiger partial charge in [-0.1, -0.05) is 0 Å². The molecule has 0 aromatic rings. The van der Waals surface area contributed by atoms with Crippen LogP contribution in [0.2, 0.25) is 0 Å². The lowest BCUT2D eigenvalue weighted by Crippen LogP contribution is -2.06. The van der Waals surface area contributed by atoms with Crippen LogP contribution in [0.5, 0.6) is 0 Å². The van der Waals surface area contributed by atoms with Crippen LogP contribution in [-0.2, 0) is 9.53 Å². The van der Waals surface area contributed by atoms with Crippen LogP contribution in [0.25, 0.3) is 0 Å². The quantitative estimate of drug-likeness (QED) is 0.655. The maximum Gasteiger partial charge on any atom is 0.348 e. The highest BCUT2D eigenvalue weighted by atomic mass is 79.9. The Morgan fingerprint density at radius 2 is 2.11 bits per heavy atom. The predicted molar refractivity (Wildman–Crippen MR) is 37.0 cm³/mol. The van der Waals surface area contributed by atoms with Gasteiger partial charge in [-0.3, -0.25) is 0 Å². The van der Waals surface area contributed by atoms with Gasteiger partial charge in [0, 0.05) is 0 Å². The molecule has 5 heteroatoms. The van der Waals surface area contributed by atoms with Gasteiger partial charge in [-0.2, -0.15) is 0 Å². The highest BCUT2D eigenvalue weighted by Crippen LogP contribution is 2.29. The summed E-state index contributed by atoms with van der Waals surface area (Å²) in [5, 5.41) is 8.76. The molecule has 9 heavy (non-hydrogen) atoms. The van der Waals surface area contributed by atoms with Gasteiger partial charge in [-0.15, -0.1) is 0 Å². The number of aliphatic hydroxyl groups excluding tert-OH is 1. The Bertz CT molecular complexity index is 186. The topological polar surface area (TPSA) is 46.5 Å². The molecule has 1 atom stereocenters. The van der Waals surface area contributed by atoms with Crippen molar-refractivity contribution in [2.45, 2.75) is 6.29 Å². The average Bonchev–Trinajstić information content (AvgIpc) is 1.98. The molecule has 3 nitrogen and oxygen atoms in total. The Balaban J connectivity index is 2.92. The van der Waals surface area contributed by atoms with Gasteiger partial charge in [-0.05, 0) is 31.9 Å². The Morgan fingerprint density at radius 1 is 1.56 bits per heavy atom. The van der Waals surface area contributed by atoms with Crippen molar-refractivity contribution in [1.29, 1.82) is 0 Å². The van der Waals surface area contributed by atoms with E-state index in [4.69, 9.17) is 5.11 Å². The molecule has 0 saturated heterocycles. The second kappa shape index (κ2) is 2.40. The molecule has 0 spiro atoms. The molecule has 0 aliphatic carbocycles. The molecule has 0 fully saturated rings. The zero-order chi connectivity index (χ0) is 7.02. The molecule has 0 saturated carbocycles. The Labute approximate surface area is 67.9 Å². The normalized spacial score (nSPS) is 27.0.